The molecule has 0 aliphatic carbocycles. The highest BCUT2D eigenvalue weighted by Gasteiger charge is 2.22. The van der Waals surface area contributed by atoms with E-state index in [1.165, 1.54) is 12.3 Å². The number of halogens is 1. The minimum absolute atomic E-state index is 0.0313. The normalized spacial score (nSPS) is 13.8. The van der Waals surface area contributed by atoms with Crippen molar-refractivity contribution >= 4 is 45.6 Å². The van der Waals surface area contributed by atoms with Gasteiger partial charge in [0, 0.05) is 23.1 Å². The number of hydrazone groups is 1. The third-order valence-corrected chi connectivity index (χ3v) is 4.76. The average molecular weight is 475 g/mol. The molecule has 3 N–H and O–H groups in total. The number of ether oxygens (including phenoxy) is 1. The molecule has 0 unspecified atom stereocenters. The summed E-state index contributed by atoms with van der Waals surface area (Å²) in [7, 11) is 0. The minimum Gasteiger partial charge on any atom is -0.507 e. The molecule has 1 fully saturated rings. The Bertz CT molecular complexity index is 989. The summed E-state index contributed by atoms with van der Waals surface area (Å²) < 4.78 is 5.96. The van der Waals surface area contributed by atoms with E-state index >= 15 is 0 Å². The molecule has 0 atom stereocenters. The van der Waals surface area contributed by atoms with Crippen LogP contribution in [0.2, 0.25) is 0 Å². The van der Waals surface area contributed by atoms with Gasteiger partial charge < -0.3 is 20.1 Å². The number of nitrogens with zero attached hydrogens (tertiary/aromatic N) is 2. The average Bonchev–Trinajstić information content (AvgIpc) is 2.76. The zero-order valence-corrected chi connectivity index (χ0v) is 17.4. The smallest absolute Gasteiger partial charge is 0.329 e. The second-order valence-corrected chi connectivity index (χ2v) is 7.22. The zero-order valence-electron chi connectivity index (χ0n) is 15.8. The van der Waals surface area contributed by atoms with Crippen molar-refractivity contribution in [3.8, 4) is 5.75 Å². The van der Waals surface area contributed by atoms with E-state index < -0.39 is 11.8 Å². The van der Waals surface area contributed by atoms with Crippen LogP contribution in [0.3, 0.4) is 0 Å². The number of rotatable bonds is 4. The molecular formula is C20H19BrN4O5. The quantitative estimate of drug-likeness (QED) is 0.354. The summed E-state index contributed by atoms with van der Waals surface area (Å²) >= 11 is 3.26. The molecule has 156 valence electrons. The standard InChI is InChI=1S/C20H19BrN4O5/c21-14-5-6-17(26)13(11-14)12-22-24-19(28)18(27)23-16-4-2-1-3-15(16)20(29)25-7-9-30-10-8-25/h1-6,11-12,26H,7-10H2,(H,23,27)(H,24,28)/b22-12+. The minimum atomic E-state index is -1.02. The molecule has 30 heavy (non-hydrogen) atoms. The molecule has 10 heteroatoms. The first-order valence-electron chi connectivity index (χ1n) is 9.04. The van der Waals surface area contributed by atoms with Gasteiger partial charge >= 0.3 is 11.8 Å². The molecule has 1 saturated heterocycles. The Morgan fingerprint density at radius 3 is 2.60 bits per heavy atom. The van der Waals surface area contributed by atoms with Crippen LogP contribution in [0.4, 0.5) is 5.69 Å². The highest BCUT2D eigenvalue weighted by atomic mass is 79.9. The summed E-state index contributed by atoms with van der Waals surface area (Å²) in [6, 6.07) is 11.2. The number of amides is 3. The number of phenols is 1. The van der Waals surface area contributed by atoms with Crippen LogP contribution < -0.4 is 10.7 Å². The van der Waals surface area contributed by atoms with Gasteiger partial charge in [0.1, 0.15) is 5.75 Å². The van der Waals surface area contributed by atoms with Crippen molar-refractivity contribution in [2.24, 2.45) is 5.10 Å². The van der Waals surface area contributed by atoms with E-state index in [0.29, 0.717) is 36.3 Å². The number of carbonyl (C=O) groups excluding carboxylic acids is 3. The topological polar surface area (TPSA) is 120 Å². The molecule has 2 aromatic rings. The third-order valence-electron chi connectivity index (χ3n) is 4.27. The first-order chi connectivity index (χ1) is 14.5. The Labute approximate surface area is 180 Å². The summed E-state index contributed by atoms with van der Waals surface area (Å²) in [5.74, 6) is -2.28. The van der Waals surface area contributed by atoms with Crippen molar-refractivity contribution in [1.82, 2.24) is 10.3 Å². The van der Waals surface area contributed by atoms with Gasteiger partial charge in [-0.15, -0.1) is 0 Å². The van der Waals surface area contributed by atoms with Crippen LogP contribution in [0.5, 0.6) is 5.75 Å². The fraction of sp³-hybridized carbons (Fsp3) is 0.200. The van der Waals surface area contributed by atoms with Gasteiger partial charge in [0.25, 0.3) is 5.91 Å². The number of hydrogen-bond donors (Lipinski definition) is 3. The summed E-state index contributed by atoms with van der Waals surface area (Å²) in [6.07, 6.45) is 1.21. The van der Waals surface area contributed by atoms with Crippen LogP contribution in [-0.2, 0) is 14.3 Å². The highest BCUT2D eigenvalue weighted by Crippen LogP contribution is 2.20. The maximum absolute atomic E-state index is 12.7. The van der Waals surface area contributed by atoms with Crippen LogP contribution in [0, 0.1) is 0 Å². The van der Waals surface area contributed by atoms with Gasteiger partial charge in [-0.3, -0.25) is 14.4 Å². The molecule has 1 aliphatic heterocycles. The lowest BCUT2D eigenvalue weighted by atomic mass is 10.1. The summed E-state index contributed by atoms with van der Waals surface area (Å²) in [6.45, 7) is 1.82. The Morgan fingerprint density at radius 2 is 1.83 bits per heavy atom. The number of para-hydroxylation sites is 1. The van der Waals surface area contributed by atoms with Crippen LogP contribution in [0.1, 0.15) is 15.9 Å². The largest absolute Gasteiger partial charge is 0.507 e. The number of nitrogens with one attached hydrogen (secondary N) is 2. The molecule has 0 bridgehead atoms. The second-order valence-electron chi connectivity index (χ2n) is 6.31. The lowest BCUT2D eigenvalue weighted by Crippen LogP contribution is -2.41. The Kier molecular flexibility index (Phi) is 7.15. The number of hydrogen-bond acceptors (Lipinski definition) is 6. The fourth-order valence-corrected chi connectivity index (χ4v) is 3.11. The lowest BCUT2D eigenvalue weighted by Gasteiger charge is -2.27. The summed E-state index contributed by atoms with van der Waals surface area (Å²) in [5.41, 5.74) is 2.95. The van der Waals surface area contributed by atoms with Gasteiger partial charge in [0.15, 0.2) is 0 Å². The van der Waals surface area contributed by atoms with E-state index in [4.69, 9.17) is 4.74 Å². The van der Waals surface area contributed by atoms with Gasteiger partial charge in [-0.05, 0) is 30.3 Å². The third kappa shape index (κ3) is 5.43. The number of carbonyl (C=O) groups is 3. The number of benzene rings is 2. The number of phenolic OH excluding ortho intramolecular Hbond substituents is 1. The van der Waals surface area contributed by atoms with E-state index in [2.05, 4.69) is 31.8 Å². The van der Waals surface area contributed by atoms with E-state index in [0.717, 1.165) is 0 Å². The fourth-order valence-electron chi connectivity index (χ4n) is 2.73. The molecule has 3 rings (SSSR count). The molecule has 1 heterocycles. The molecule has 0 spiro atoms. The van der Waals surface area contributed by atoms with E-state index in [1.54, 1.807) is 41.3 Å². The maximum Gasteiger partial charge on any atom is 0.329 e. The molecule has 0 radical (unpaired) electrons. The van der Waals surface area contributed by atoms with Gasteiger partial charge in [0.2, 0.25) is 0 Å². The first-order valence-corrected chi connectivity index (χ1v) is 9.84. The van der Waals surface area contributed by atoms with Crippen molar-refractivity contribution in [3.63, 3.8) is 0 Å². The van der Waals surface area contributed by atoms with Crippen molar-refractivity contribution < 1.29 is 24.2 Å². The highest BCUT2D eigenvalue weighted by molar-refractivity contribution is 9.10. The van der Waals surface area contributed by atoms with E-state index in [9.17, 15) is 19.5 Å². The lowest BCUT2D eigenvalue weighted by molar-refractivity contribution is -0.136. The van der Waals surface area contributed by atoms with Crippen molar-refractivity contribution in [2.45, 2.75) is 0 Å². The predicted octanol–water partition coefficient (Wildman–Crippen LogP) is 1.72. The predicted molar refractivity (Wildman–Crippen MR) is 113 cm³/mol. The molecule has 2 aromatic carbocycles. The monoisotopic (exact) mass is 474 g/mol. The SMILES string of the molecule is O=C(N/N=C/c1cc(Br)ccc1O)C(=O)Nc1ccccc1C(=O)N1CCOCC1. The number of morpholine rings is 1. The zero-order chi connectivity index (χ0) is 21.5. The summed E-state index contributed by atoms with van der Waals surface area (Å²) in [5, 5.41) is 15.9. The maximum atomic E-state index is 12.7. The molecule has 1 aliphatic rings. The van der Waals surface area contributed by atoms with Crippen molar-refractivity contribution in [3.05, 3.63) is 58.1 Å². The Morgan fingerprint density at radius 1 is 1.10 bits per heavy atom. The number of aromatic hydroxyl groups is 1. The van der Waals surface area contributed by atoms with Crippen LogP contribution in [0.25, 0.3) is 0 Å². The number of anilines is 1. The molecule has 0 aromatic heterocycles. The van der Waals surface area contributed by atoms with Crippen LogP contribution >= 0.6 is 15.9 Å². The molecule has 9 nitrogen and oxygen atoms in total. The van der Waals surface area contributed by atoms with Gasteiger partial charge in [0.05, 0.1) is 30.7 Å². The van der Waals surface area contributed by atoms with E-state index in [-0.39, 0.29) is 22.9 Å². The van der Waals surface area contributed by atoms with Gasteiger partial charge in [-0.25, -0.2) is 5.43 Å². The first kappa shape index (κ1) is 21.5. The van der Waals surface area contributed by atoms with Crippen molar-refractivity contribution in [2.75, 3.05) is 31.6 Å². The van der Waals surface area contributed by atoms with Gasteiger partial charge in [-0.2, -0.15) is 5.10 Å². The molecule has 3 amide bonds. The Balaban J connectivity index is 1.64. The molecule has 0 saturated carbocycles. The molecular weight excluding hydrogens is 456 g/mol. The van der Waals surface area contributed by atoms with Crippen molar-refractivity contribution in [1.29, 1.82) is 0 Å². The summed E-state index contributed by atoms with van der Waals surface area (Å²) in [4.78, 5) is 38.6. The second kappa shape index (κ2) is 9.99. The van der Waals surface area contributed by atoms with Gasteiger partial charge in [-0.1, -0.05) is 28.1 Å². The van der Waals surface area contributed by atoms with E-state index in [1.807, 2.05) is 0 Å². The Hall–Kier alpha value is -3.24. The van der Waals surface area contributed by atoms with Crippen LogP contribution in [-0.4, -0.2) is 60.2 Å². The van der Waals surface area contributed by atoms with Crippen LogP contribution in [0.15, 0.2) is 52.0 Å².